The van der Waals surface area contributed by atoms with Crippen molar-refractivity contribution < 1.29 is 9.57 Å². The Morgan fingerprint density at radius 1 is 1.27 bits per heavy atom. The molecule has 0 aromatic heterocycles. The minimum absolute atomic E-state index is 0.0156. The molecule has 0 aliphatic carbocycles. The van der Waals surface area contributed by atoms with Gasteiger partial charge in [-0.25, -0.2) is 0 Å². The fourth-order valence-corrected chi connectivity index (χ4v) is 1.67. The maximum atomic E-state index is 5.56. The Labute approximate surface area is 68.2 Å². The van der Waals surface area contributed by atoms with Gasteiger partial charge in [-0.1, -0.05) is 0 Å². The summed E-state index contributed by atoms with van der Waals surface area (Å²) in [6, 6.07) is 0. The molecule has 1 aliphatic heterocycles. The van der Waals surface area contributed by atoms with Gasteiger partial charge in [0.05, 0.1) is 19.3 Å². The molecule has 0 aromatic carbocycles. The summed E-state index contributed by atoms with van der Waals surface area (Å²) >= 11 is 0. The zero-order chi connectivity index (χ0) is 8.70. The first kappa shape index (κ1) is 8.97. The molecule has 3 heteroatoms. The number of hydroxylamine groups is 2. The van der Waals surface area contributed by atoms with Crippen molar-refractivity contribution in [2.75, 3.05) is 13.7 Å². The van der Waals surface area contributed by atoms with Crippen LogP contribution in [0.3, 0.4) is 0 Å². The molecule has 0 radical (unpaired) electrons. The van der Waals surface area contributed by atoms with Crippen LogP contribution in [-0.4, -0.2) is 30.0 Å². The summed E-state index contributed by atoms with van der Waals surface area (Å²) in [5.74, 6) is 0. The normalized spacial score (nSPS) is 29.2. The van der Waals surface area contributed by atoms with Crippen molar-refractivity contribution in [2.45, 2.75) is 39.0 Å². The van der Waals surface area contributed by atoms with Gasteiger partial charge in [-0.2, -0.15) is 5.06 Å². The van der Waals surface area contributed by atoms with Gasteiger partial charge in [-0.3, -0.25) is 4.84 Å². The van der Waals surface area contributed by atoms with Crippen molar-refractivity contribution in [3.63, 3.8) is 0 Å². The second-order valence-corrected chi connectivity index (χ2v) is 4.02. The van der Waals surface area contributed by atoms with E-state index < -0.39 is 0 Å². The molecule has 0 atom stereocenters. The third-order valence-corrected chi connectivity index (χ3v) is 2.00. The van der Waals surface area contributed by atoms with Gasteiger partial charge in [-0.05, 0) is 27.7 Å². The monoisotopic (exact) mass is 159 g/mol. The molecule has 0 saturated carbocycles. The topological polar surface area (TPSA) is 21.7 Å². The molecule has 0 aromatic rings. The number of hydrogen-bond acceptors (Lipinski definition) is 3. The van der Waals surface area contributed by atoms with Crippen molar-refractivity contribution >= 4 is 0 Å². The van der Waals surface area contributed by atoms with E-state index in [0.29, 0.717) is 6.61 Å². The molecule has 1 fully saturated rings. The highest BCUT2D eigenvalue weighted by molar-refractivity contribution is 4.88. The number of hydrogen-bond donors (Lipinski definition) is 0. The van der Waals surface area contributed by atoms with Crippen LogP contribution in [0.25, 0.3) is 0 Å². The first-order valence-corrected chi connectivity index (χ1v) is 3.88. The number of ether oxygens (including phenoxy) is 1. The van der Waals surface area contributed by atoms with Crippen LogP contribution in [0.1, 0.15) is 27.7 Å². The van der Waals surface area contributed by atoms with Gasteiger partial charge in [0, 0.05) is 0 Å². The summed E-state index contributed by atoms with van der Waals surface area (Å²) in [5.41, 5.74) is -0.309. The van der Waals surface area contributed by atoms with Crippen molar-refractivity contribution in [2.24, 2.45) is 0 Å². The fraction of sp³-hybridized carbons (Fsp3) is 1.00. The highest BCUT2D eigenvalue weighted by Gasteiger charge is 2.46. The van der Waals surface area contributed by atoms with Crippen LogP contribution in [0.2, 0.25) is 0 Å². The molecular formula is C8H17NO2. The zero-order valence-electron chi connectivity index (χ0n) is 7.97. The molecule has 11 heavy (non-hydrogen) atoms. The Balaban J connectivity index is 2.80. The number of nitrogens with zero attached hydrogens (tertiary/aromatic N) is 1. The molecule has 1 heterocycles. The molecule has 1 aliphatic rings. The van der Waals surface area contributed by atoms with E-state index in [1.54, 1.807) is 7.11 Å². The second-order valence-electron chi connectivity index (χ2n) is 4.02. The summed E-state index contributed by atoms with van der Waals surface area (Å²) in [5, 5.41) is 1.89. The Kier molecular flexibility index (Phi) is 1.99. The lowest BCUT2D eigenvalue weighted by Crippen LogP contribution is -2.48. The van der Waals surface area contributed by atoms with E-state index in [-0.39, 0.29) is 11.3 Å². The average Bonchev–Trinajstić information content (AvgIpc) is 2.03. The molecule has 3 nitrogen and oxygen atoms in total. The predicted octanol–water partition coefficient (Wildman–Crippen LogP) is 1.39. The maximum absolute atomic E-state index is 5.56. The largest absolute Gasteiger partial charge is 0.357 e. The van der Waals surface area contributed by atoms with E-state index in [9.17, 15) is 0 Å². The molecule has 0 unspecified atom stereocenters. The fourth-order valence-electron chi connectivity index (χ4n) is 1.67. The highest BCUT2D eigenvalue weighted by atomic mass is 16.7. The molecular weight excluding hydrogens is 142 g/mol. The lowest BCUT2D eigenvalue weighted by Gasteiger charge is -2.34. The van der Waals surface area contributed by atoms with Crippen LogP contribution < -0.4 is 0 Å². The van der Waals surface area contributed by atoms with Gasteiger partial charge in [0.2, 0.25) is 0 Å². The van der Waals surface area contributed by atoms with E-state index in [0.717, 1.165) is 0 Å². The minimum Gasteiger partial charge on any atom is -0.357 e. The molecule has 1 saturated heterocycles. The Hall–Kier alpha value is -0.120. The third kappa shape index (κ3) is 1.41. The van der Waals surface area contributed by atoms with Crippen molar-refractivity contribution in [3.05, 3.63) is 0 Å². The Morgan fingerprint density at radius 2 is 1.82 bits per heavy atom. The van der Waals surface area contributed by atoms with Crippen molar-refractivity contribution in [1.82, 2.24) is 5.06 Å². The van der Waals surface area contributed by atoms with Crippen LogP contribution in [-0.2, 0) is 9.57 Å². The summed E-state index contributed by atoms with van der Waals surface area (Å²) in [6.45, 7) is 8.93. The van der Waals surface area contributed by atoms with E-state index >= 15 is 0 Å². The van der Waals surface area contributed by atoms with Crippen LogP contribution in [0.5, 0.6) is 0 Å². The van der Waals surface area contributed by atoms with Crippen LogP contribution in [0, 0.1) is 0 Å². The van der Waals surface area contributed by atoms with E-state index in [2.05, 4.69) is 13.8 Å². The summed E-state index contributed by atoms with van der Waals surface area (Å²) in [4.78, 5) is 5.25. The van der Waals surface area contributed by atoms with Gasteiger partial charge in [-0.15, -0.1) is 0 Å². The zero-order valence-corrected chi connectivity index (χ0v) is 7.97. The van der Waals surface area contributed by atoms with Gasteiger partial charge in [0.15, 0.2) is 0 Å². The highest BCUT2D eigenvalue weighted by Crippen LogP contribution is 2.33. The third-order valence-electron chi connectivity index (χ3n) is 2.00. The Bertz CT molecular complexity index is 138. The van der Waals surface area contributed by atoms with Gasteiger partial charge in [0.25, 0.3) is 0 Å². The summed E-state index contributed by atoms with van der Waals surface area (Å²) in [7, 11) is 1.68. The van der Waals surface area contributed by atoms with E-state index in [1.807, 2.05) is 18.9 Å². The molecule has 1 rings (SSSR count). The summed E-state index contributed by atoms with van der Waals surface area (Å²) < 4.78 is 5.56. The standard InChI is InChI=1S/C8H17NO2/c1-7(2)6-11-8(3,4)9(7)10-5/h6H2,1-5H3. The van der Waals surface area contributed by atoms with E-state index in [4.69, 9.17) is 9.57 Å². The molecule has 0 bridgehead atoms. The van der Waals surface area contributed by atoms with Gasteiger partial charge >= 0.3 is 0 Å². The lowest BCUT2D eigenvalue weighted by atomic mass is 10.1. The van der Waals surface area contributed by atoms with Gasteiger partial charge < -0.3 is 4.74 Å². The quantitative estimate of drug-likeness (QED) is 0.577. The smallest absolute Gasteiger partial charge is 0.139 e. The lowest BCUT2D eigenvalue weighted by molar-refractivity contribution is -0.255. The predicted molar refractivity (Wildman–Crippen MR) is 43.0 cm³/mol. The van der Waals surface area contributed by atoms with Crippen LogP contribution in [0.4, 0.5) is 0 Å². The maximum Gasteiger partial charge on any atom is 0.139 e. The van der Waals surface area contributed by atoms with Gasteiger partial charge in [0.1, 0.15) is 5.72 Å². The molecule has 0 N–H and O–H groups in total. The van der Waals surface area contributed by atoms with E-state index in [1.165, 1.54) is 0 Å². The second kappa shape index (κ2) is 2.44. The molecule has 0 spiro atoms. The molecule has 0 amide bonds. The van der Waals surface area contributed by atoms with Crippen LogP contribution >= 0.6 is 0 Å². The first-order valence-electron chi connectivity index (χ1n) is 3.88. The summed E-state index contributed by atoms with van der Waals surface area (Å²) in [6.07, 6.45) is 0. The van der Waals surface area contributed by atoms with Crippen LogP contribution in [0.15, 0.2) is 0 Å². The Morgan fingerprint density at radius 3 is 2.00 bits per heavy atom. The van der Waals surface area contributed by atoms with Crippen molar-refractivity contribution in [3.8, 4) is 0 Å². The minimum atomic E-state index is -0.293. The average molecular weight is 159 g/mol. The number of rotatable bonds is 1. The molecule has 66 valence electrons. The SMILES string of the molecule is CON1C(C)(C)COC1(C)C. The first-order chi connectivity index (χ1) is 4.90. The van der Waals surface area contributed by atoms with Crippen molar-refractivity contribution in [1.29, 1.82) is 0 Å².